The molecule has 1 N–H and O–H groups in total. The van der Waals surface area contributed by atoms with E-state index >= 15 is 0 Å². The number of anilines is 1. The lowest BCUT2D eigenvalue weighted by Gasteiger charge is -2.08. The van der Waals surface area contributed by atoms with Crippen LogP contribution in [-0.2, 0) is 10.0 Å². The number of aryl methyl sites for hydroxylation is 1. The normalized spacial score (nSPS) is 11.8. The highest BCUT2D eigenvalue weighted by Crippen LogP contribution is 2.25. The highest BCUT2D eigenvalue weighted by Gasteiger charge is 2.14. The van der Waals surface area contributed by atoms with Gasteiger partial charge in [0.1, 0.15) is 0 Å². The Balaban J connectivity index is 1.58. The van der Waals surface area contributed by atoms with Gasteiger partial charge in [-0.3, -0.25) is 9.12 Å². The molecule has 0 aliphatic rings. The fraction of sp³-hybridized carbons (Fsp3) is 0.0556. The first-order valence-corrected chi connectivity index (χ1v) is 10.5. The predicted octanol–water partition coefficient (Wildman–Crippen LogP) is 4.83. The van der Waals surface area contributed by atoms with Crippen molar-refractivity contribution in [3.8, 4) is 11.3 Å². The number of halogens is 1. The van der Waals surface area contributed by atoms with Crippen LogP contribution in [0, 0.1) is 6.92 Å². The molecule has 0 radical (unpaired) electrons. The fourth-order valence-electron chi connectivity index (χ4n) is 2.57. The van der Waals surface area contributed by atoms with E-state index in [0.717, 1.165) is 21.9 Å². The van der Waals surface area contributed by atoms with Crippen LogP contribution in [0.2, 0.25) is 5.02 Å². The van der Waals surface area contributed by atoms with Crippen LogP contribution in [0.1, 0.15) is 5.69 Å². The molecule has 4 rings (SSSR count). The summed E-state index contributed by atoms with van der Waals surface area (Å²) in [6.07, 6.45) is 1.98. The van der Waals surface area contributed by atoms with E-state index in [1.54, 1.807) is 35.6 Å². The van der Waals surface area contributed by atoms with Crippen molar-refractivity contribution in [2.75, 3.05) is 4.72 Å². The Morgan fingerprint density at radius 2 is 1.77 bits per heavy atom. The molecule has 0 atom stereocenters. The second kappa shape index (κ2) is 6.42. The molecule has 0 aliphatic carbocycles. The van der Waals surface area contributed by atoms with Gasteiger partial charge in [-0.15, -0.1) is 11.3 Å². The van der Waals surface area contributed by atoms with Crippen molar-refractivity contribution < 1.29 is 8.42 Å². The molecule has 0 bridgehead atoms. The van der Waals surface area contributed by atoms with Crippen LogP contribution in [0.3, 0.4) is 0 Å². The van der Waals surface area contributed by atoms with Crippen molar-refractivity contribution in [2.24, 2.45) is 0 Å². The Bertz CT molecular complexity index is 1180. The number of thiazole rings is 1. The number of rotatable bonds is 4. The molecular weight excluding hydrogens is 390 g/mol. The van der Waals surface area contributed by atoms with E-state index in [2.05, 4.69) is 15.1 Å². The Hall–Kier alpha value is -2.35. The summed E-state index contributed by atoms with van der Waals surface area (Å²) >= 11 is 7.40. The molecule has 0 saturated carbocycles. The van der Waals surface area contributed by atoms with E-state index < -0.39 is 10.0 Å². The summed E-state index contributed by atoms with van der Waals surface area (Å²) in [4.78, 5) is 5.69. The number of fused-ring (bicyclic) bond motifs is 1. The molecule has 132 valence electrons. The zero-order chi connectivity index (χ0) is 18.3. The van der Waals surface area contributed by atoms with Crippen LogP contribution in [0.4, 0.5) is 5.69 Å². The highest BCUT2D eigenvalue weighted by atomic mass is 35.5. The average molecular weight is 404 g/mol. The predicted molar refractivity (Wildman–Crippen MR) is 106 cm³/mol. The molecule has 4 aromatic rings. The maximum atomic E-state index is 12.4. The quantitative estimate of drug-likeness (QED) is 0.531. The summed E-state index contributed by atoms with van der Waals surface area (Å²) in [7, 11) is -3.65. The number of imidazole rings is 1. The Labute approximate surface area is 160 Å². The van der Waals surface area contributed by atoms with E-state index in [1.807, 2.05) is 29.7 Å². The van der Waals surface area contributed by atoms with Gasteiger partial charge in [-0.25, -0.2) is 13.4 Å². The Morgan fingerprint density at radius 1 is 1.08 bits per heavy atom. The number of hydrogen-bond donors (Lipinski definition) is 1. The fourth-order valence-corrected chi connectivity index (χ4v) is 4.61. The molecule has 0 saturated heterocycles. The first-order chi connectivity index (χ1) is 12.4. The SMILES string of the molecule is Cc1csc2nc(-c3ccc(NS(=O)(=O)c4ccc(Cl)cc4)cc3)cn12. The molecule has 5 nitrogen and oxygen atoms in total. The molecule has 2 aromatic carbocycles. The summed E-state index contributed by atoms with van der Waals surface area (Å²) in [5.74, 6) is 0. The lowest BCUT2D eigenvalue weighted by Crippen LogP contribution is -2.12. The smallest absolute Gasteiger partial charge is 0.261 e. The van der Waals surface area contributed by atoms with Crippen molar-refractivity contribution in [2.45, 2.75) is 11.8 Å². The molecule has 26 heavy (non-hydrogen) atoms. The molecule has 0 unspecified atom stereocenters. The molecule has 2 aromatic heterocycles. The monoisotopic (exact) mass is 403 g/mol. The Kier molecular flexibility index (Phi) is 4.22. The van der Waals surface area contributed by atoms with Gasteiger partial charge in [-0.2, -0.15) is 0 Å². The van der Waals surface area contributed by atoms with Crippen molar-refractivity contribution in [3.63, 3.8) is 0 Å². The van der Waals surface area contributed by atoms with Crippen LogP contribution in [0.25, 0.3) is 16.2 Å². The van der Waals surface area contributed by atoms with Gasteiger partial charge in [0.25, 0.3) is 10.0 Å². The van der Waals surface area contributed by atoms with Crippen molar-refractivity contribution in [1.82, 2.24) is 9.38 Å². The van der Waals surface area contributed by atoms with Gasteiger partial charge in [-0.1, -0.05) is 23.7 Å². The van der Waals surface area contributed by atoms with E-state index in [9.17, 15) is 8.42 Å². The summed E-state index contributed by atoms with van der Waals surface area (Å²) < 4.78 is 29.4. The molecule has 0 fully saturated rings. The van der Waals surface area contributed by atoms with Gasteiger partial charge < -0.3 is 0 Å². The summed E-state index contributed by atoms with van der Waals surface area (Å²) in [5.41, 5.74) is 3.40. The minimum absolute atomic E-state index is 0.163. The van der Waals surface area contributed by atoms with Gasteiger partial charge in [0.15, 0.2) is 4.96 Å². The number of nitrogens with zero attached hydrogens (tertiary/aromatic N) is 2. The molecule has 2 heterocycles. The zero-order valence-electron chi connectivity index (χ0n) is 13.7. The van der Waals surface area contributed by atoms with E-state index in [1.165, 1.54) is 12.1 Å². The minimum atomic E-state index is -3.65. The Morgan fingerprint density at radius 3 is 2.42 bits per heavy atom. The maximum absolute atomic E-state index is 12.4. The molecular formula is C18H14ClN3O2S2. The standard InChI is InChI=1S/C18H14ClN3O2S2/c1-12-11-25-18-20-17(10-22(12)18)13-2-6-15(7-3-13)21-26(23,24)16-8-4-14(19)5-9-16/h2-11,21H,1H3. The van der Waals surface area contributed by atoms with Gasteiger partial charge in [0, 0.05) is 33.5 Å². The molecule has 0 amide bonds. The number of benzene rings is 2. The summed E-state index contributed by atoms with van der Waals surface area (Å²) in [6, 6.07) is 13.2. The topological polar surface area (TPSA) is 63.5 Å². The number of aromatic nitrogens is 2. The third kappa shape index (κ3) is 3.21. The van der Waals surface area contributed by atoms with E-state index in [4.69, 9.17) is 11.6 Å². The van der Waals surface area contributed by atoms with Crippen LogP contribution >= 0.6 is 22.9 Å². The number of hydrogen-bond acceptors (Lipinski definition) is 4. The number of nitrogens with one attached hydrogen (secondary N) is 1. The van der Waals surface area contributed by atoms with Crippen molar-refractivity contribution in [1.29, 1.82) is 0 Å². The zero-order valence-corrected chi connectivity index (χ0v) is 16.1. The largest absolute Gasteiger partial charge is 0.294 e. The maximum Gasteiger partial charge on any atom is 0.261 e. The third-order valence-corrected chi connectivity index (χ3v) is 6.55. The summed E-state index contributed by atoms with van der Waals surface area (Å²) in [5, 5.41) is 2.55. The van der Waals surface area contributed by atoms with Crippen molar-refractivity contribution >= 4 is 43.6 Å². The van der Waals surface area contributed by atoms with Crippen LogP contribution in [0.5, 0.6) is 0 Å². The minimum Gasteiger partial charge on any atom is -0.294 e. The molecule has 8 heteroatoms. The lowest BCUT2D eigenvalue weighted by molar-refractivity contribution is 0.601. The van der Waals surface area contributed by atoms with Crippen LogP contribution in [-0.4, -0.2) is 17.8 Å². The van der Waals surface area contributed by atoms with Crippen LogP contribution < -0.4 is 4.72 Å². The second-order valence-corrected chi connectivity index (χ2v) is 8.75. The summed E-state index contributed by atoms with van der Waals surface area (Å²) in [6.45, 7) is 2.03. The first kappa shape index (κ1) is 17.1. The molecule has 0 spiro atoms. The van der Waals surface area contributed by atoms with Gasteiger partial charge in [-0.05, 0) is 43.3 Å². The van der Waals surface area contributed by atoms with E-state index in [-0.39, 0.29) is 4.90 Å². The third-order valence-electron chi connectivity index (χ3n) is 3.95. The average Bonchev–Trinajstić information content (AvgIpc) is 3.18. The van der Waals surface area contributed by atoms with Crippen molar-refractivity contribution in [3.05, 3.63) is 70.8 Å². The number of sulfonamides is 1. The lowest BCUT2D eigenvalue weighted by atomic mass is 10.1. The van der Waals surface area contributed by atoms with Gasteiger partial charge >= 0.3 is 0 Å². The molecule has 0 aliphatic heterocycles. The highest BCUT2D eigenvalue weighted by molar-refractivity contribution is 7.92. The van der Waals surface area contributed by atoms with Gasteiger partial charge in [0.05, 0.1) is 10.6 Å². The van der Waals surface area contributed by atoms with Crippen LogP contribution in [0.15, 0.2) is 65.0 Å². The first-order valence-electron chi connectivity index (χ1n) is 7.74. The second-order valence-electron chi connectivity index (χ2n) is 5.79. The van der Waals surface area contributed by atoms with E-state index in [0.29, 0.717) is 10.7 Å². The van der Waals surface area contributed by atoms with Gasteiger partial charge in [0.2, 0.25) is 0 Å².